The molecule has 24 heavy (non-hydrogen) atoms. The van der Waals surface area contributed by atoms with Crippen molar-refractivity contribution in [1.29, 1.82) is 0 Å². The van der Waals surface area contributed by atoms with Gasteiger partial charge in [-0.15, -0.1) is 0 Å². The number of sulfonamides is 1. The number of methoxy groups -OCH3 is 2. The van der Waals surface area contributed by atoms with Gasteiger partial charge in [0.2, 0.25) is 10.0 Å². The van der Waals surface area contributed by atoms with E-state index in [0.717, 1.165) is 6.26 Å². The number of carbonyl (C=O) groups is 1. The molecule has 0 aliphatic carbocycles. The van der Waals surface area contributed by atoms with Crippen LogP contribution in [0.15, 0.2) is 42.7 Å². The Balaban J connectivity index is 2.41. The van der Waals surface area contributed by atoms with Crippen molar-refractivity contribution in [2.24, 2.45) is 0 Å². The van der Waals surface area contributed by atoms with Crippen LogP contribution in [-0.2, 0) is 21.3 Å². The molecule has 0 N–H and O–H groups in total. The number of hydrogen-bond acceptors (Lipinski definition) is 6. The Hall–Kier alpha value is -2.61. The first-order valence-electron chi connectivity index (χ1n) is 6.99. The number of hydrogen-bond donors (Lipinski definition) is 0. The number of pyridine rings is 1. The van der Waals surface area contributed by atoms with E-state index in [1.807, 2.05) is 0 Å². The topological polar surface area (TPSA) is 85.8 Å². The Kier molecular flexibility index (Phi) is 5.40. The molecule has 0 saturated heterocycles. The predicted molar refractivity (Wildman–Crippen MR) is 89.6 cm³/mol. The van der Waals surface area contributed by atoms with Crippen LogP contribution in [0.1, 0.15) is 15.9 Å². The molecule has 0 aliphatic heterocycles. The van der Waals surface area contributed by atoms with E-state index >= 15 is 0 Å². The SMILES string of the molecule is COC(=O)c1ccc(CN(c2cccnc2)S(C)(=O)=O)c(OC)c1. The van der Waals surface area contributed by atoms with Crippen LogP contribution in [0.3, 0.4) is 0 Å². The fourth-order valence-electron chi connectivity index (χ4n) is 2.18. The van der Waals surface area contributed by atoms with Crippen LogP contribution in [0.4, 0.5) is 5.69 Å². The molecule has 0 amide bonds. The fourth-order valence-corrected chi connectivity index (χ4v) is 3.04. The van der Waals surface area contributed by atoms with Crippen LogP contribution in [0.5, 0.6) is 5.75 Å². The second kappa shape index (κ2) is 7.31. The molecule has 1 aromatic carbocycles. The van der Waals surface area contributed by atoms with E-state index in [9.17, 15) is 13.2 Å². The molecule has 2 rings (SSSR count). The van der Waals surface area contributed by atoms with E-state index in [2.05, 4.69) is 9.72 Å². The molecule has 0 aliphatic rings. The van der Waals surface area contributed by atoms with Crippen molar-refractivity contribution in [3.63, 3.8) is 0 Å². The van der Waals surface area contributed by atoms with Gasteiger partial charge in [0, 0.05) is 11.8 Å². The Labute approximate surface area is 140 Å². The van der Waals surface area contributed by atoms with Gasteiger partial charge in [-0.2, -0.15) is 0 Å². The Bertz CT molecular complexity index is 822. The minimum Gasteiger partial charge on any atom is -0.496 e. The summed E-state index contributed by atoms with van der Waals surface area (Å²) in [5, 5.41) is 0. The summed E-state index contributed by atoms with van der Waals surface area (Å²) in [5.74, 6) is -0.0949. The number of aromatic nitrogens is 1. The zero-order valence-electron chi connectivity index (χ0n) is 13.6. The second-order valence-electron chi connectivity index (χ2n) is 5.00. The number of benzene rings is 1. The third-order valence-corrected chi connectivity index (χ3v) is 4.50. The third-order valence-electron chi connectivity index (χ3n) is 3.36. The van der Waals surface area contributed by atoms with Gasteiger partial charge in [-0.05, 0) is 24.3 Å². The normalized spacial score (nSPS) is 11.0. The Morgan fingerprint density at radius 2 is 2.00 bits per heavy atom. The first-order valence-corrected chi connectivity index (χ1v) is 8.84. The maximum Gasteiger partial charge on any atom is 0.337 e. The molecular weight excluding hydrogens is 332 g/mol. The van der Waals surface area contributed by atoms with Gasteiger partial charge in [-0.1, -0.05) is 6.07 Å². The van der Waals surface area contributed by atoms with Crippen molar-refractivity contribution in [3.8, 4) is 5.75 Å². The van der Waals surface area contributed by atoms with Crippen LogP contribution in [-0.4, -0.2) is 39.8 Å². The number of esters is 1. The molecule has 7 nitrogen and oxygen atoms in total. The summed E-state index contributed by atoms with van der Waals surface area (Å²) in [5.41, 5.74) is 1.38. The van der Waals surface area contributed by atoms with Gasteiger partial charge in [0.15, 0.2) is 0 Å². The molecule has 2 aromatic rings. The van der Waals surface area contributed by atoms with Gasteiger partial charge in [-0.3, -0.25) is 9.29 Å². The monoisotopic (exact) mass is 350 g/mol. The molecule has 0 saturated carbocycles. The van der Waals surface area contributed by atoms with Gasteiger partial charge in [-0.25, -0.2) is 13.2 Å². The number of ether oxygens (including phenoxy) is 2. The van der Waals surface area contributed by atoms with Gasteiger partial charge in [0.05, 0.1) is 44.5 Å². The van der Waals surface area contributed by atoms with E-state index in [4.69, 9.17) is 4.74 Å². The summed E-state index contributed by atoms with van der Waals surface area (Å²) in [7, 11) is -0.785. The number of rotatable bonds is 6. The standard InChI is InChI=1S/C16H18N2O5S/c1-22-15-9-12(16(19)23-2)6-7-13(15)11-18(24(3,20)21)14-5-4-8-17-10-14/h4-10H,11H2,1-3H3. The van der Waals surface area contributed by atoms with Gasteiger partial charge in [0.1, 0.15) is 5.75 Å². The van der Waals surface area contributed by atoms with Crippen molar-refractivity contribution >= 4 is 21.7 Å². The number of anilines is 1. The molecule has 0 fully saturated rings. The highest BCUT2D eigenvalue weighted by Crippen LogP contribution is 2.26. The highest BCUT2D eigenvalue weighted by molar-refractivity contribution is 7.92. The predicted octanol–water partition coefficient (Wildman–Crippen LogP) is 1.84. The average molecular weight is 350 g/mol. The van der Waals surface area contributed by atoms with Crippen molar-refractivity contribution < 1.29 is 22.7 Å². The van der Waals surface area contributed by atoms with Crippen molar-refractivity contribution in [2.45, 2.75) is 6.54 Å². The summed E-state index contributed by atoms with van der Waals surface area (Å²) >= 11 is 0. The summed E-state index contributed by atoms with van der Waals surface area (Å²) in [6.07, 6.45) is 4.15. The molecular formula is C16H18N2O5S. The fraction of sp³-hybridized carbons (Fsp3) is 0.250. The minimum absolute atomic E-state index is 0.0507. The third kappa shape index (κ3) is 4.02. The van der Waals surface area contributed by atoms with Crippen molar-refractivity contribution in [2.75, 3.05) is 24.8 Å². The molecule has 0 unspecified atom stereocenters. The maximum absolute atomic E-state index is 12.1. The van der Waals surface area contributed by atoms with Crippen molar-refractivity contribution in [3.05, 3.63) is 53.9 Å². The Morgan fingerprint density at radius 1 is 1.25 bits per heavy atom. The highest BCUT2D eigenvalue weighted by Gasteiger charge is 2.20. The molecule has 1 heterocycles. The lowest BCUT2D eigenvalue weighted by Crippen LogP contribution is -2.29. The zero-order valence-corrected chi connectivity index (χ0v) is 14.4. The van der Waals surface area contributed by atoms with E-state index in [0.29, 0.717) is 22.6 Å². The van der Waals surface area contributed by atoms with Crippen LogP contribution < -0.4 is 9.04 Å². The van der Waals surface area contributed by atoms with E-state index < -0.39 is 16.0 Å². The second-order valence-corrected chi connectivity index (χ2v) is 6.91. The molecule has 0 radical (unpaired) electrons. The smallest absolute Gasteiger partial charge is 0.337 e. The molecule has 8 heteroatoms. The van der Waals surface area contributed by atoms with E-state index in [-0.39, 0.29) is 6.54 Å². The van der Waals surface area contributed by atoms with Crippen LogP contribution >= 0.6 is 0 Å². The lowest BCUT2D eigenvalue weighted by atomic mass is 10.1. The largest absolute Gasteiger partial charge is 0.496 e. The maximum atomic E-state index is 12.1. The molecule has 0 spiro atoms. The molecule has 0 bridgehead atoms. The lowest BCUT2D eigenvalue weighted by Gasteiger charge is -2.23. The quantitative estimate of drug-likeness (QED) is 0.739. The van der Waals surface area contributed by atoms with Gasteiger partial charge < -0.3 is 9.47 Å². The van der Waals surface area contributed by atoms with Gasteiger partial charge >= 0.3 is 5.97 Å². The molecule has 0 atom stereocenters. The van der Waals surface area contributed by atoms with Crippen LogP contribution in [0.25, 0.3) is 0 Å². The molecule has 128 valence electrons. The summed E-state index contributed by atoms with van der Waals surface area (Å²) in [4.78, 5) is 15.6. The summed E-state index contributed by atoms with van der Waals surface area (Å²) < 4.78 is 35.5. The van der Waals surface area contributed by atoms with Gasteiger partial charge in [0.25, 0.3) is 0 Å². The number of nitrogens with zero attached hydrogens (tertiary/aromatic N) is 2. The number of carbonyl (C=O) groups excluding carboxylic acids is 1. The van der Waals surface area contributed by atoms with Crippen LogP contribution in [0.2, 0.25) is 0 Å². The summed E-state index contributed by atoms with van der Waals surface area (Å²) in [6.45, 7) is 0.0507. The zero-order chi connectivity index (χ0) is 17.7. The minimum atomic E-state index is -3.53. The summed E-state index contributed by atoms with van der Waals surface area (Å²) in [6, 6.07) is 8.03. The highest BCUT2D eigenvalue weighted by atomic mass is 32.2. The average Bonchev–Trinajstić information content (AvgIpc) is 2.58. The Morgan fingerprint density at radius 3 is 2.54 bits per heavy atom. The first kappa shape index (κ1) is 17.7. The molecule has 1 aromatic heterocycles. The van der Waals surface area contributed by atoms with E-state index in [1.165, 1.54) is 30.8 Å². The lowest BCUT2D eigenvalue weighted by molar-refractivity contribution is 0.0600. The van der Waals surface area contributed by atoms with E-state index in [1.54, 1.807) is 30.5 Å². The first-order chi connectivity index (χ1) is 11.4. The van der Waals surface area contributed by atoms with Crippen LogP contribution in [0, 0.1) is 0 Å². The van der Waals surface area contributed by atoms with Crippen molar-refractivity contribution in [1.82, 2.24) is 4.98 Å².